The molecule has 2 fully saturated rings. The molecular formula is C68H64N14O40P6S2. The Kier molecular flexibility index (Phi) is 27.9. The first-order valence-electron chi connectivity index (χ1n) is 36.3. The monoisotopic (exact) mass is 1970 g/mol. The van der Waals surface area contributed by atoms with Gasteiger partial charge in [0.05, 0.1) is 37.0 Å². The maximum atomic E-state index is 13.2. The second-order valence-electron chi connectivity index (χ2n) is 27.3. The summed E-state index contributed by atoms with van der Waals surface area (Å²) in [6.07, 6.45) is -14.7. The molecule has 4 unspecified atom stereocenters. The number of carbonyl (C=O) groups excluding carboxylic acids is 4. The molecule has 12 atom stereocenters. The third-order valence-electron chi connectivity index (χ3n) is 18.5. The lowest BCUT2D eigenvalue weighted by Crippen LogP contribution is -2.42. The van der Waals surface area contributed by atoms with E-state index in [-0.39, 0.29) is 139 Å². The summed E-state index contributed by atoms with van der Waals surface area (Å²) in [7, 11) is -22.7. The molecule has 0 radical (unpaired) electrons. The van der Waals surface area contributed by atoms with E-state index in [2.05, 4.69) is 96.6 Å². The van der Waals surface area contributed by atoms with Crippen LogP contribution in [0, 0.1) is 0 Å². The number of aromatic hydroxyl groups is 2. The molecule has 688 valence electrons. The highest BCUT2D eigenvalue weighted by molar-refractivity contribution is 8.08. The summed E-state index contributed by atoms with van der Waals surface area (Å²) in [6.45, 7) is -13.3. The van der Waals surface area contributed by atoms with Crippen LogP contribution in [0.2, 0.25) is 0 Å². The summed E-state index contributed by atoms with van der Waals surface area (Å²) in [4.78, 5) is 223. The number of ether oxygens (including phenoxy) is 4. The predicted molar refractivity (Wildman–Crippen MR) is 445 cm³/mol. The molecule has 4 amide bonds. The quantitative estimate of drug-likeness (QED) is 0.0175. The molecular weight excluding hydrogens is 1900 g/mol. The number of nitrogen functional groups attached to an aromatic ring is 2. The number of imidazole rings is 2. The van der Waals surface area contributed by atoms with Crippen molar-refractivity contribution in [2.24, 2.45) is 0 Å². The Morgan fingerprint density at radius 1 is 0.477 bits per heavy atom. The number of aromatic nitrogens is 8. The highest BCUT2D eigenvalue weighted by Crippen LogP contribution is 2.68. The minimum Gasteiger partial charge on any atom is -0.508 e. The Balaban J connectivity index is 0.000000222. The van der Waals surface area contributed by atoms with Crippen molar-refractivity contribution in [2.45, 2.75) is 49.1 Å². The zero-order valence-corrected chi connectivity index (χ0v) is 71.6. The number of nitrogens with one attached hydrogen (secondary N) is 6. The number of aromatic amines is 2. The fourth-order valence-electron chi connectivity index (χ4n) is 13.3. The van der Waals surface area contributed by atoms with Crippen LogP contribution in [0.1, 0.15) is 53.9 Å². The maximum absolute atomic E-state index is 13.2. The fourth-order valence-corrected chi connectivity index (χ4v) is 20.9. The minimum absolute atomic E-state index is 0.102. The molecule has 2 aliphatic carbocycles. The Bertz CT molecular complexity index is 7060. The molecule has 0 saturated carbocycles. The number of carboxylic acids is 2. The summed E-state index contributed by atoms with van der Waals surface area (Å²) in [5, 5.41) is 73.5. The number of H-pyrrole nitrogens is 2. The second kappa shape index (κ2) is 37.9. The van der Waals surface area contributed by atoms with Crippen molar-refractivity contribution in [1.82, 2.24) is 60.3 Å². The Hall–Kier alpha value is -11.9. The van der Waals surface area contributed by atoms with Gasteiger partial charge in [0, 0.05) is 94.6 Å². The molecule has 8 heterocycles. The average Bonchev–Trinajstić information content (AvgIpc) is 1.01. The van der Waals surface area contributed by atoms with E-state index in [1.165, 1.54) is 97.1 Å². The SMILES string of the molecule is Nc1nc2c(ncn2[C@@H]2O[C@H](COP(=O)(O)OP(=O)(O)OP(O)(O)=S)[C@@H](O)[C@H]2OC(=O)NCCNC(=O)c2ccc(-c3c4ccc(=O)cc-4oc4cc(O)ccc34)c(C(=O)O)c2)c(=O)[nH]1.Nc1nc2c(ncn2[C@@H]2O[C@H](COP(=O)(O)OP(=O)(O)OP(O)(O)=S)[C@@H](OC(=O)NCCNC(=O)c3ccc(-c4c5ccc(=O)cc-5oc5cc(O)ccc45)c(C(=O)O)c3)[C@H]2O)c(=O)[nH]1. The first-order valence-corrected chi connectivity index (χ1v) is 47.5. The van der Waals surface area contributed by atoms with Gasteiger partial charge in [-0.15, -0.1) is 0 Å². The molecule has 24 N–H and O–H groups in total. The zero-order chi connectivity index (χ0) is 94.3. The lowest BCUT2D eigenvalue weighted by Gasteiger charge is -2.22. The molecule has 14 rings (SSSR count). The van der Waals surface area contributed by atoms with Gasteiger partial charge in [-0.2, -0.15) is 18.6 Å². The van der Waals surface area contributed by atoms with E-state index < -0.39 is 154 Å². The molecule has 130 heavy (non-hydrogen) atoms. The van der Waals surface area contributed by atoms with Crippen LogP contribution in [0.15, 0.2) is 150 Å². The van der Waals surface area contributed by atoms with Gasteiger partial charge >= 0.3 is 68.9 Å². The van der Waals surface area contributed by atoms with Crippen molar-refractivity contribution in [3.63, 3.8) is 0 Å². The number of aliphatic hydroxyl groups is 2. The number of benzene rings is 6. The van der Waals surface area contributed by atoms with Crippen LogP contribution in [-0.4, -0.2) is 221 Å². The van der Waals surface area contributed by atoms with Gasteiger partial charge in [0.15, 0.2) is 57.8 Å². The molecule has 6 aliphatic rings. The third kappa shape index (κ3) is 22.4. The number of hydrogen-bond acceptors (Lipinski definition) is 38. The first-order chi connectivity index (χ1) is 61.0. The maximum Gasteiger partial charge on any atom is 0.488 e. The molecule has 62 heteroatoms. The van der Waals surface area contributed by atoms with Gasteiger partial charge in [0.25, 0.3) is 22.9 Å². The number of anilines is 2. The lowest BCUT2D eigenvalue weighted by atomic mass is 9.90. The van der Waals surface area contributed by atoms with E-state index in [1.807, 2.05) is 0 Å². The van der Waals surface area contributed by atoms with Crippen LogP contribution in [0.3, 0.4) is 0 Å². The summed E-state index contributed by atoms with van der Waals surface area (Å²) in [5.41, 5.74) is 9.20. The number of alkyl carbamates (subject to hydrolysis) is 2. The standard InChI is InChI=1S/2C34H32N7O20P3S/c35-33-39-28-25(30(46)40-33)38-13-41(28)31-26(44)27(23(58-31)12-56-62(50,51)60-63(52,53)61-64(54,55)65)59-34(49)37-8-7-36-29(45)14-1-4-17(20(9-14)32(47)48)24-18-5-2-15(42)10-21(18)57-22-11-16(43)3-6-19(22)24;35-33-39-28-25(30(46)40-33)38-13-41(28)31-27(26(44)23(58-31)12-56-62(50,51)60-63(52,53)61-64(54,55)65)59-34(49)37-8-7-36-29(45)14-1-4-17(20(9-14)32(47)48)24-18-5-2-15(42)10-21(18)57-22-11-16(43)3-6-19(22)24/h2*1-6,9-11,13,23,26-27,31,42,44H,7-8,12H2,(H,36,45)(H,37,49)(H,47,48)(H,50,51)(H,52,53)(H2,54,55,65)(H3,35,39,40,46)/t2*23-,26-,27-,31-/m11/s1. The zero-order valence-electron chi connectivity index (χ0n) is 64.6. The van der Waals surface area contributed by atoms with E-state index in [1.54, 1.807) is 0 Å². The topological polar surface area (TPSA) is 834 Å². The summed E-state index contributed by atoms with van der Waals surface area (Å²) in [6, 6.07) is 23.9. The molecule has 4 aromatic heterocycles. The number of fused-ring (bicyclic) bond motifs is 6. The Morgan fingerprint density at radius 2 is 0.869 bits per heavy atom. The van der Waals surface area contributed by atoms with E-state index in [9.17, 15) is 116 Å². The van der Waals surface area contributed by atoms with Crippen molar-refractivity contribution < 1.29 is 171 Å². The normalized spacial score (nSPS) is 19.5. The molecule has 2 saturated heterocycles. The van der Waals surface area contributed by atoms with E-state index in [4.69, 9.17) is 63.3 Å². The molecule has 4 aliphatic heterocycles. The third-order valence-corrected chi connectivity index (χ3v) is 27.3. The highest BCUT2D eigenvalue weighted by Gasteiger charge is 2.52. The van der Waals surface area contributed by atoms with Gasteiger partial charge in [0.2, 0.25) is 11.9 Å². The van der Waals surface area contributed by atoms with E-state index in [0.29, 0.717) is 33.0 Å². The molecule has 54 nitrogen and oxygen atoms in total. The Morgan fingerprint density at radius 3 is 1.29 bits per heavy atom. The number of phenols is 2. The number of rotatable bonds is 30. The van der Waals surface area contributed by atoms with Crippen LogP contribution in [0.5, 0.6) is 11.5 Å². The van der Waals surface area contributed by atoms with Gasteiger partial charge in [0.1, 0.15) is 58.6 Å². The minimum atomic E-state index is -5.74. The molecule has 0 bridgehead atoms. The Labute approximate surface area is 729 Å². The van der Waals surface area contributed by atoms with Crippen molar-refractivity contribution >= 4 is 160 Å². The number of aliphatic hydroxyl groups excluding tert-OH is 2. The molecule has 0 spiro atoms. The van der Waals surface area contributed by atoms with Gasteiger partial charge in [-0.3, -0.25) is 56.9 Å². The number of amides is 4. The smallest absolute Gasteiger partial charge is 0.488 e. The van der Waals surface area contributed by atoms with Gasteiger partial charge < -0.3 is 130 Å². The second-order valence-corrected chi connectivity index (χ2v) is 39.0. The first kappa shape index (κ1) is 95.7. The van der Waals surface area contributed by atoms with E-state index in [0.717, 1.165) is 33.9 Å². The van der Waals surface area contributed by atoms with Crippen LogP contribution < -0.4 is 54.7 Å². The van der Waals surface area contributed by atoms with Gasteiger partial charge in [-0.1, -0.05) is 12.1 Å². The van der Waals surface area contributed by atoms with Crippen molar-refractivity contribution in [3.05, 3.63) is 185 Å². The van der Waals surface area contributed by atoms with Crippen LogP contribution in [-0.2, 0) is 87.1 Å². The number of phosphoric ester groups is 2. The van der Waals surface area contributed by atoms with Gasteiger partial charge in [-0.05, 0) is 108 Å². The van der Waals surface area contributed by atoms with E-state index >= 15 is 0 Å². The molecule has 8 aromatic rings. The number of hydrogen-bond donors (Lipinski definition) is 22. The highest BCUT2D eigenvalue weighted by atomic mass is 32.5. The summed E-state index contributed by atoms with van der Waals surface area (Å²) < 4.78 is 110. The number of nitrogens with two attached hydrogens (primary N) is 2. The van der Waals surface area contributed by atoms with Crippen LogP contribution >= 0.6 is 44.7 Å². The number of nitrogens with zero attached hydrogens (tertiary/aromatic N) is 6. The van der Waals surface area contributed by atoms with Crippen LogP contribution in [0.4, 0.5) is 21.5 Å². The molecule has 4 aromatic carbocycles. The van der Waals surface area contributed by atoms with Crippen molar-refractivity contribution in [1.29, 1.82) is 0 Å². The van der Waals surface area contributed by atoms with Crippen LogP contribution in [0.25, 0.3) is 89.2 Å². The number of phenolic OH excluding ortho intramolecular Hbond substituents is 2. The largest absolute Gasteiger partial charge is 0.508 e. The average molecular weight is 1970 g/mol. The number of aromatic carboxylic acids is 2. The van der Waals surface area contributed by atoms with Crippen molar-refractivity contribution in [3.8, 4) is 56.4 Å². The van der Waals surface area contributed by atoms with Crippen molar-refractivity contribution in [2.75, 3.05) is 50.9 Å². The number of carboxylic acid groups (broad SMARTS) is 2. The number of carbonyl (C=O) groups is 6. The summed E-state index contributed by atoms with van der Waals surface area (Å²) in [5.74, 6) is -5.18. The number of phosphoric acid groups is 4. The summed E-state index contributed by atoms with van der Waals surface area (Å²) >= 11 is 8.10. The predicted octanol–water partition coefficient (Wildman–Crippen LogP) is 2.45. The fraction of sp³-hybridized carbons (Fsp3) is 0.206. The lowest BCUT2D eigenvalue weighted by molar-refractivity contribution is -0.0522. The van der Waals surface area contributed by atoms with Gasteiger partial charge in [-0.25, -0.2) is 56.0 Å².